The first-order valence-corrected chi connectivity index (χ1v) is 7.67. The molecule has 3 aromatic rings. The van der Waals surface area contributed by atoms with E-state index >= 15 is 0 Å². The van der Waals surface area contributed by atoms with Gasteiger partial charge in [-0.25, -0.2) is 0 Å². The van der Waals surface area contributed by atoms with Crippen LogP contribution in [0.1, 0.15) is 23.5 Å². The Bertz CT molecular complexity index is 1010. The first kappa shape index (κ1) is 14.5. The molecule has 0 fully saturated rings. The second-order valence-corrected chi connectivity index (χ2v) is 5.75. The quantitative estimate of drug-likeness (QED) is 0.737. The molecule has 120 valence electrons. The van der Waals surface area contributed by atoms with Crippen LogP contribution in [0.15, 0.2) is 53.3 Å². The Morgan fingerprint density at radius 3 is 2.79 bits per heavy atom. The van der Waals surface area contributed by atoms with Gasteiger partial charge in [0, 0.05) is 11.3 Å². The molecule has 0 bridgehead atoms. The van der Waals surface area contributed by atoms with Crippen molar-refractivity contribution in [2.75, 3.05) is 7.11 Å². The van der Waals surface area contributed by atoms with Crippen LogP contribution in [0.5, 0.6) is 11.5 Å². The molecular weight excluding hydrogens is 306 g/mol. The number of hydrogen-bond acceptors (Lipinski definition) is 4. The fourth-order valence-electron chi connectivity index (χ4n) is 3.22. The molecule has 0 spiro atoms. The van der Waals surface area contributed by atoms with Crippen LogP contribution in [0, 0.1) is 0 Å². The summed E-state index contributed by atoms with van der Waals surface area (Å²) < 4.78 is 10.7. The number of esters is 1. The van der Waals surface area contributed by atoms with Gasteiger partial charge in [-0.2, -0.15) is 0 Å². The first-order chi connectivity index (χ1) is 11.7. The molecule has 1 aliphatic heterocycles. The van der Waals surface area contributed by atoms with Gasteiger partial charge in [0.25, 0.3) is 5.56 Å². The molecule has 2 aromatic carbocycles. The molecule has 0 amide bonds. The molecule has 1 aliphatic rings. The van der Waals surface area contributed by atoms with Crippen LogP contribution >= 0.6 is 0 Å². The Labute approximate surface area is 137 Å². The standard InChI is InChI=1S/C19H15NO4/c1-23-12-6-4-5-11(9-12)14-10-16(21)24-18-13-7-2-3-8-15(13)20-19(22)17(14)18/h2-9,14H,10H2,1H3,(H,20,22). The maximum absolute atomic E-state index is 12.6. The number of carbonyl (C=O) groups excluding carboxylic acids is 1. The zero-order valence-electron chi connectivity index (χ0n) is 13.0. The molecule has 1 aromatic heterocycles. The summed E-state index contributed by atoms with van der Waals surface area (Å²) in [6.45, 7) is 0. The number of H-pyrrole nitrogens is 1. The third-order valence-electron chi connectivity index (χ3n) is 4.34. The van der Waals surface area contributed by atoms with Gasteiger partial charge in [-0.1, -0.05) is 24.3 Å². The molecule has 1 unspecified atom stereocenters. The van der Waals surface area contributed by atoms with E-state index in [-0.39, 0.29) is 23.9 Å². The highest BCUT2D eigenvalue weighted by Crippen LogP contribution is 2.40. The van der Waals surface area contributed by atoms with E-state index in [0.717, 1.165) is 10.9 Å². The molecule has 4 rings (SSSR count). The van der Waals surface area contributed by atoms with Gasteiger partial charge in [-0.05, 0) is 29.8 Å². The molecule has 1 atom stereocenters. The summed E-state index contributed by atoms with van der Waals surface area (Å²) in [7, 11) is 1.59. The van der Waals surface area contributed by atoms with Crippen molar-refractivity contribution in [2.24, 2.45) is 0 Å². The second-order valence-electron chi connectivity index (χ2n) is 5.75. The highest BCUT2D eigenvalue weighted by atomic mass is 16.5. The number of fused-ring (bicyclic) bond motifs is 3. The van der Waals surface area contributed by atoms with Gasteiger partial charge in [0.1, 0.15) is 11.5 Å². The van der Waals surface area contributed by atoms with Crippen molar-refractivity contribution in [1.29, 1.82) is 0 Å². The van der Waals surface area contributed by atoms with Crippen molar-refractivity contribution >= 4 is 16.9 Å². The lowest BCUT2D eigenvalue weighted by atomic mass is 9.86. The number of rotatable bonds is 2. The van der Waals surface area contributed by atoms with Gasteiger partial charge in [0.2, 0.25) is 0 Å². The van der Waals surface area contributed by atoms with Gasteiger partial charge in [0.15, 0.2) is 0 Å². The minimum Gasteiger partial charge on any atom is -0.497 e. The number of pyridine rings is 1. The van der Waals surface area contributed by atoms with Crippen LogP contribution in [0.2, 0.25) is 0 Å². The molecule has 5 heteroatoms. The molecule has 5 nitrogen and oxygen atoms in total. The minimum absolute atomic E-state index is 0.127. The molecule has 24 heavy (non-hydrogen) atoms. The van der Waals surface area contributed by atoms with E-state index in [4.69, 9.17) is 9.47 Å². The summed E-state index contributed by atoms with van der Waals surface area (Å²) in [4.78, 5) is 27.7. The summed E-state index contributed by atoms with van der Waals surface area (Å²) in [5.74, 6) is 0.347. The van der Waals surface area contributed by atoms with E-state index < -0.39 is 0 Å². The van der Waals surface area contributed by atoms with E-state index in [1.54, 1.807) is 13.2 Å². The average molecular weight is 321 g/mol. The lowest BCUT2D eigenvalue weighted by molar-refractivity contribution is -0.135. The lowest BCUT2D eigenvalue weighted by Crippen LogP contribution is -2.28. The third kappa shape index (κ3) is 2.25. The Hall–Kier alpha value is -3.08. The SMILES string of the molecule is COc1cccc(C2CC(=O)Oc3c2c(=O)[nH]c2ccccc32)c1. The number of ether oxygens (including phenoxy) is 2. The van der Waals surface area contributed by atoms with Gasteiger partial charge in [0.05, 0.1) is 24.6 Å². The Morgan fingerprint density at radius 1 is 1.12 bits per heavy atom. The number of methoxy groups -OCH3 is 1. The van der Waals surface area contributed by atoms with Crippen molar-refractivity contribution in [3.05, 3.63) is 70.0 Å². The largest absolute Gasteiger partial charge is 0.497 e. The van der Waals surface area contributed by atoms with Gasteiger partial charge in [-0.15, -0.1) is 0 Å². The van der Waals surface area contributed by atoms with Crippen LogP contribution in [0.3, 0.4) is 0 Å². The van der Waals surface area contributed by atoms with Crippen LogP contribution in [0.25, 0.3) is 10.9 Å². The Kier molecular flexibility index (Phi) is 3.34. The van der Waals surface area contributed by atoms with Crippen LogP contribution in [0.4, 0.5) is 0 Å². The molecule has 2 heterocycles. The number of hydrogen-bond donors (Lipinski definition) is 1. The summed E-state index contributed by atoms with van der Waals surface area (Å²) in [5.41, 5.74) is 1.76. The molecule has 0 radical (unpaired) electrons. The number of para-hydroxylation sites is 1. The van der Waals surface area contributed by atoms with Crippen LogP contribution < -0.4 is 15.0 Å². The second kappa shape index (κ2) is 5.53. The molecule has 0 saturated heterocycles. The van der Waals surface area contributed by atoms with Crippen molar-refractivity contribution in [1.82, 2.24) is 4.98 Å². The minimum atomic E-state index is -0.357. The number of nitrogens with one attached hydrogen (secondary N) is 1. The fourth-order valence-corrected chi connectivity index (χ4v) is 3.22. The number of aromatic amines is 1. The maximum atomic E-state index is 12.6. The number of benzene rings is 2. The Morgan fingerprint density at radius 2 is 1.96 bits per heavy atom. The lowest BCUT2D eigenvalue weighted by Gasteiger charge is -2.25. The monoisotopic (exact) mass is 321 g/mol. The fraction of sp³-hybridized carbons (Fsp3) is 0.158. The molecular formula is C19H15NO4. The zero-order valence-corrected chi connectivity index (χ0v) is 13.0. The zero-order chi connectivity index (χ0) is 16.7. The summed E-state index contributed by atoms with van der Waals surface area (Å²) in [5, 5.41) is 0.730. The number of carbonyl (C=O) groups is 1. The van der Waals surface area contributed by atoms with E-state index in [1.165, 1.54) is 0 Å². The van der Waals surface area contributed by atoms with Gasteiger partial charge >= 0.3 is 5.97 Å². The van der Waals surface area contributed by atoms with E-state index in [0.29, 0.717) is 22.6 Å². The summed E-state index contributed by atoms with van der Waals surface area (Å²) in [6.07, 6.45) is 0.127. The van der Waals surface area contributed by atoms with Gasteiger partial charge in [-0.3, -0.25) is 9.59 Å². The van der Waals surface area contributed by atoms with Crippen LogP contribution in [-0.2, 0) is 4.79 Å². The molecule has 1 N–H and O–H groups in total. The predicted molar refractivity (Wildman–Crippen MR) is 89.7 cm³/mol. The van der Waals surface area contributed by atoms with E-state index in [9.17, 15) is 9.59 Å². The topological polar surface area (TPSA) is 68.4 Å². The van der Waals surface area contributed by atoms with Crippen molar-refractivity contribution < 1.29 is 14.3 Å². The third-order valence-corrected chi connectivity index (χ3v) is 4.34. The van der Waals surface area contributed by atoms with E-state index in [1.807, 2.05) is 42.5 Å². The maximum Gasteiger partial charge on any atom is 0.312 e. The Balaban J connectivity index is 1.98. The molecule has 0 aliphatic carbocycles. The van der Waals surface area contributed by atoms with Gasteiger partial charge < -0.3 is 14.5 Å². The highest BCUT2D eigenvalue weighted by molar-refractivity contribution is 5.91. The normalized spacial score (nSPS) is 16.5. The van der Waals surface area contributed by atoms with E-state index in [2.05, 4.69) is 4.98 Å². The summed E-state index contributed by atoms with van der Waals surface area (Å²) in [6, 6.07) is 14.7. The number of aromatic nitrogens is 1. The predicted octanol–water partition coefficient (Wildman–Crippen LogP) is 2.98. The summed E-state index contributed by atoms with van der Waals surface area (Å²) >= 11 is 0. The van der Waals surface area contributed by atoms with Crippen molar-refractivity contribution in [3.8, 4) is 11.5 Å². The highest BCUT2D eigenvalue weighted by Gasteiger charge is 2.32. The molecule has 0 saturated carbocycles. The smallest absolute Gasteiger partial charge is 0.312 e. The first-order valence-electron chi connectivity index (χ1n) is 7.67. The van der Waals surface area contributed by atoms with Crippen LogP contribution in [-0.4, -0.2) is 18.1 Å². The average Bonchev–Trinajstić information content (AvgIpc) is 2.61. The van der Waals surface area contributed by atoms with Crippen molar-refractivity contribution in [3.63, 3.8) is 0 Å². The van der Waals surface area contributed by atoms with Crippen molar-refractivity contribution in [2.45, 2.75) is 12.3 Å².